The summed E-state index contributed by atoms with van der Waals surface area (Å²) in [6, 6.07) is -1.01. The van der Waals surface area contributed by atoms with Crippen molar-refractivity contribution >= 4 is 5.91 Å². The van der Waals surface area contributed by atoms with Crippen LogP contribution in [0.4, 0.5) is 0 Å². The van der Waals surface area contributed by atoms with E-state index in [0.29, 0.717) is 12.8 Å². The smallest absolute Gasteiger partial charge is 0.220 e. The largest absolute Gasteiger partial charge is 0.394 e. The average Bonchev–Trinajstić information content (AvgIpc) is 0.782. The number of carbonyl (C=O) groups is 1. The zero-order valence-electron chi connectivity index (χ0n) is 61.3. The molecule has 0 aromatic rings. The first-order valence-corrected chi connectivity index (χ1v) is 38.6. The Morgan fingerprint density at radius 1 is 0.366 bits per heavy atom. The van der Waals surface area contributed by atoms with E-state index in [9.17, 15) is 61.0 Å². The fraction of sp³-hybridized carbons (Fsp3) is 0.695. The van der Waals surface area contributed by atoms with Crippen LogP contribution in [0.15, 0.2) is 146 Å². The molecule has 3 heterocycles. The number of nitrogens with one attached hydrogen (secondary N) is 1. The molecule has 0 aliphatic carbocycles. The Bertz CT molecular complexity index is 2400. The first kappa shape index (κ1) is 90.9. The lowest BCUT2D eigenvalue weighted by Gasteiger charge is -2.48. The third kappa shape index (κ3) is 41.2. The van der Waals surface area contributed by atoms with Crippen LogP contribution >= 0.6 is 0 Å². The van der Waals surface area contributed by atoms with Crippen LogP contribution in [-0.4, -0.2) is 193 Å². The molecule has 101 heavy (non-hydrogen) atoms. The van der Waals surface area contributed by atoms with E-state index >= 15 is 0 Å². The second-order valence-corrected chi connectivity index (χ2v) is 26.7. The van der Waals surface area contributed by atoms with Crippen LogP contribution < -0.4 is 5.32 Å². The second kappa shape index (κ2) is 60.9. The van der Waals surface area contributed by atoms with E-state index in [1.54, 1.807) is 6.08 Å². The minimum atomic E-state index is -1.99. The van der Waals surface area contributed by atoms with Crippen LogP contribution in [0, 0.1) is 0 Å². The van der Waals surface area contributed by atoms with Crippen molar-refractivity contribution < 1.29 is 89.4 Å². The SMILES string of the molecule is CC/C=C\C/C=C\C/C=C\C/C=C\C/C=C\C/C=C\C/C=C\C/C=C\C/C=C\CCCCCCCCCCCCCCCC(=O)NC(COC1OC(CO)C(OC2OC(CO)C(OC3OC(CO)C(O)C(O)C3O)C(O)C2O)C(O)C1O)C(O)/C=C/CC/C=C/CC/C=C/CCCCCCC. The molecule has 19 nitrogen and oxygen atoms in total. The number of allylic oxidation sites excluding steroid dienone is 23. The summed E-state index contributed by atoms with van der Waals surface area (Å²) < 4.78 is 34.3. The molecule has 12 N–H and O–H groups in total. The number of aliphatic hydroxyl groups excluding tert-OH is 11. The highest BCUT2D eigenvalue weighted by Crippen LogP contribution is 2.33. The molecule has 0 aromatic carbocycles. The molecular weight excluding hydrogens is 1290 g/mol. The second-order valence-electron chi connectivity index (χ2n) is 26.7. The molecule has 0 bridgehead atoms. The molecule has 0 aromatic heterocycles. The minimum absolute atomic E-state index is 0.222. The summed E-state index contributed by atoms with van der Waals surface area (Å²) in [5, 5.41) is 121. The molecule has 3 aliphatic heterocycles. The van der Waals surface area contributed by atoms with E-state index in [1.807, 2.05) is 6.08 Å². The molecular formula is C82H135NO18. The van der Waals surface area contributed by atoms with Crippen molar-refractivity contribution in [2.24, 2.45) is 0 Å². The van der Waals surface area contributed by atoms with Crippen molar-refractivity contribution in [3.8, 4) is 0 Å². The normalized spacial score (nSPS) is 27.2. The van der Waals surface area contributed by atoms with E-state index in [-0.39, 0.29) is 18.9 Å². The molecule has 19 heteroatoms. The Morgan fingerprint density at radius 2 is 0.693 bits per heavy atom. The molecule has 0 radical (unpaired) electrons. The van der Waals surface area contributed by atoms with Crippen LogP contribution in [-0.2, 0) is 33.2 Å². The van der Waals surface area contributed by atoms with E-state index < -0.39 is 124 Å². The van der Waals surface area contributed by atoms with Crippen molar-refractivity contribution in [2.75, 3.05) is 26.4 Å². The van der Waals surface area contributed by atoms with Gasteiger partial charge in [-0.1, -0.05) is 256 Å². The highest BCUT2D eigenvalue weighted by Gasteiger charge is 2.53. The fourth-order valence-corrected chi connectivity index (χ4v) is 11.9. The fourth-order valence-electron chi connectivity index (χ4n) is 11.9. The van der Waals surface area contributed by atoms with Gasteiger partial charge in [-0.05, 0) is 116 Å². The van der Waals surface area contributed by atoms with Crippen LogP contribution in [0.25, 0.3) is 0 Å². The van der Waals surface area contributed by atoms with E-state index in [2.05, 4.69) is 153 Å². The first-order valence-electron chi connectivity index (χ1n) is 38.6. The topological polar surface area (TPSA) is 307 Å². The number of ether oxygens (including phenoxy) is 6. The van der Waals surface area contributed by atoms with Gasteiger partial charge in [0.2, 0.25) is 5.91 Å². The summed E-state index contributed by atoms with van der Waals surface area (Å²) >= 11 is 0. The summed E-state index contributed by atoms with van der Waals surface area (Å²) in [4.78, 5) is 13.4. The molecule has 0 saturated carbocycles. The van der Waals surface area contributed by atoms with Gasteiger partial charge < -0.3 is 89.9 Å². The quantitative estimate of drug-likeness (QED) is 0.0199. The Labute approximate surface area is 606 Å². The zero-order valence-corrected chi connectivity index (χ0v) is 61.3. The van der Waals surface area contributed by atoms with Crippen molar-refractivity contribution in [3.05, 3.63) is 146 Å². The predicted octanol–water partition coefficient (Wildman–Crippen LogP) is 12.3. The van der Waals surface area contributed by atoms with Crippen LogP contribution in [0.1, 0.15) is 232 Å². The summed E-state index contributed by atoms with van der Waals surface area (Å²) in [5.74, 6) is -0.297. The van der Waals surface area contributed by atoms with Crippen LogP contribution in [0.5, 0.6) is 0 Å². The van der Waals surface area contributed by atoms with Crippen molar-refractivity contribution in [2.45, 2.75) is 336 Å². The van der Waals surface area contributed by atoms with Gasteiger partial charge in [0.1, 0.15) is 73.2 Å². The lowest BCUT2D eigenvalue weighted by molar-refractivity contribution is -0.379. The van der Waals surface area contributed by atoms with Crippen LogP contribution in [0.3, 0.4) is 0 Å². The molecule has 3 aliphatic rings. The summed E-state index contributed by atoms with van der Waals surface area (Å²) in [6.07, 6.45) is 61.3. The third-order valence-electron chi connectivity index (χ3n) is 18.1. The molecule has 1 amide bonds. The van der Waals surface area contributed by atoms with Gasteiger partial charge in [-0.15, -0.1) is 0 Å². The minimum Gasteiger partial charge on any atom is -0.394 e. The van der Waals surface area contributed by atoms with Crippen LogP contribution in [0.2, 0.25) is 0 Å². The molecule has 576 valence electrons. The molecule has 17 atom stereocenters. The Kier molecular flexibility index (Phi) is 54.8. The molecule has 17 unspecified atom stereocenters. The van der Waals surface area contributed by atoms with E-state index in [0.717, 1.165) is 116 Å². The van der Waals surface area contributed by atoms with Crippen molar-refractivity contribution in [1.29, 1.82) is 0 Å². The highest BCUT2D eigenvalue weighted by atomic mass is 16.8. The van der Waals surface area contributed by atoms with Gasteiger partial charge in [-0.2, -0.15) is 0 Å². The van der Waals surface area contributed by atoms with Crippen molar-refractivity contribution in [3.63, 3.8) is 0 Å². The van der Waals surface area contributed by atoms with Gasteiger partial charge in [0.05, 0.1) is 38.6 Å². The zero-order chi connectivity index (χ0) is 73.2. The maximum absolute atomic E-state index is 13.4. The Morgan fingerprint density at radius 3 is 1.11 bits per heavy atom. The van der Waals surface area contributed by atoms with Gasteiger partial charge in [0.25, 0.3) is 0 Å². The number of hydrogen-bond acceptors (Lipinski definition) is 18. The number of unbranched alkanes of at least 4 members (excludes halogenated alkanes) is 20. The summed E-state index contributed by atoms with van der Waals surface area (Å²) in [6.45, 7) is 1.55. The van der Waals surface area contributed by atoms with Gasteiger partial charge in [0, 0.05) is 6.42 Å². The maximum Gasteiger partial charge on any atom is 0.220 e. The van der Waals surface area contributed by atoms with Crippen molar-refractivity contribution in [1.82, 2.24) is 5.32 Å². The summed E-state index contributed by atoms with van der Waals surface area (Å²) in [7, 11) is 0. The lowest BCUT2D eigenvalue weighted by atomic mass is 9.96. The molecule has 3 fully saturated rings. The Hall–Kier alpha value is -4.33. The predicted molar refractivity (Wildman–Crippen MR) is 401 cm³/mol. The Balaban J connectivity index is 1.33. The molecule has 3 saturated heterocycles. The van der Waals surface area contributed by atoms with Gasteiger partial charge in [0.15, 0.2) is 18.9 Å². The van der Waals surface area contributed by atoms with Gasteiger partial charge in [-0.3, -0.25) is 4.79 Å². The monoisotopic (exact) mass is 1420 g/mol. The van der Waals surface area contributed by atoms with Gasteiger partial charge in [-0.25, -0.2) is 0 Å². The average molecular weight is 1420 g/mol. The number of rotatable bonds is 58. The van der Waals surface area contributed by atoms with E-state index in [1.165, 1.54) is 83.5 Å². The number of amides is 1. The van der Waals surface area contributed by atoms with Gasteiger partial charge >= 0.3 is 0 Å². The third-order valence-corrected chi connectivity index (χ3v) is 18.1. The molecule has 3 rings (SSSR count). The number of carbonyl (C=O) groups excluding carboxylic acids is 1. The number of aliphatic hydroxyl groups is 11. The summed E-state index contributed by atoms with van der Waals surface area (Å²) in [5.41, 5.74) is 0. The number of hydrogen-bond donors (Lipinski definition) is 12. The standard InChI is InChI=1S/C82H135NO18/c1-3-5-7-9-11-13-15-17-19-20-21-22-23-24-25-26-27-28-29-30-31-32-33-34-35-36-37-38-39-40-41-42-43-44-46-48-50-52-54-56-58-60-70(88)83-65(66(87)59-57-55-53-51-49-47-45-18-16-14-12-10-8-6-4-2)64-96-80-76(94)73(91)78(68(62-85)98-80)101-82-77(95)74(92)79(69(63-86)99-82)100-81-75(93)72(90)71(89)67(61-84)97-81/h5,7,11,13,16-19,21-22,24-25,27-28,30-31,33-34,36-37,49,51,57,59,65-69,71-82,84-87,89-95H,3-4,6,8-10,12,14-15,20,23,26,29,32,35,38-48,50,52-56,58,60-64H2,1-2H3,(H,83,88)/b7-5-,13-11-,18-16+,19-17-,22-21-,25-24-,28-27-,31-30-,34-33-,37-36-,51-49+,59-57+. The first-order chi connectivity index (χ1) is 49.3. The van der Waals surface area contributed by atoms with E-state index in [4.69, 9.17) is 28.4 Å². The highest BCUT2D eigenvalue weighted by molar-refractivity contribution is 5.76. The molecule has 0 spiro atoms. The maximum atomic E-state index is 13.4. The lowest BCUT2D eigenvalue weighted by Crippen LogP contribution is -2.66.